The van der Waals surface area contributed by atoms with E-state index in [1.54, 1.807) is 0 Å². The van der Waals surface area contributed by atoms with Crippen molar-refractivity contribution in [1.82, 2.24) is 0 Å². The van der Waals surface area contributed by atoms with Crippen LogP contribution in [0.2, 0.25) is 5.02 Å². The molecular formula is C18H22ClNO. The van der Waals surface area contributed by atoms with E-state index in [0.29, 0.717) is 5.02 Å². The predicted molar refractivity (Wildman–Crippen MR) is 89.5 cm³/mol. The molecule has 2 N–H and O–H groups in total. The van der Waals surface area contributed by atoms with Gasteiger partial charge in [0.2, 0.25) is 0 Å². The molecule has 2 rings (SSSR count). The minimum absolute atomic E-state index is 0.0931. The Balaban J connectivity index is 2.29. The van der Waals surface area contributed by atoms with Gasteiger partial charge >= 0.3 is 0 Å². The van der Waals surface area contributed by atoms with E-state index in [1.807, 2.05) is 32.0 Å². The highest BCUT2D eigenvalue weighted by Gasteiger charge is 2.10. The van der Waals surface area contributed by atoms with E-state index in [1.165, 1.54) is 5.56 Å². The molecule has 0 saturated carbocycles. The van der Waals surface area contributed by atoms with Gasteiger partial charge in [-0.2, -0.15) is 0 Å². The van der Waals surface area contributed by atoms with Gasteiger partial charge in [-0.3, -0.25) is 0 Å². The van der Waals surface area contributed by atoms with Crippen molar-refractivity contribution in [3.63, 3.8) is 0 Å². The molecule has 0 aliphatic heterocycles. The van der Waals surface area contributed by atoms with Crippen molar-refractivity contribution >= 4 is 11.6 Å². The number of hydrogen-bond donors (Lipinski definition) is 1. The molecule has 112 valence electrons. The molecule has 0 saturated heterocycles. The molecule has 1 atom stereocenters. The third-order valence-corrected chi connectivity index (χ3v) is 4.01. The largest absolute Gasteiger partial charge is 0.457 e. The lowest BCUT2D eigenvalue weighted by molar-refractivity contribution is 0.474. The number of ether oxygens (including phenoxy) is 1. The molecule has 0 bridgehead atoms. The molecule has 2 aromatic carbocycles. The fourth-order valence-corrected chi connectivity index (χ4v) is 2.55. The summed E-state index contributed by atoms with van der Waals surface area (Å²) in [7, 11) is 0. The van der Waals surface area contributed by atoms with Gasteiger partial charge in [0.15, 0.2) is 0 Å². The molecule has 0 spiro atoms. The zero-order valence-corrected chi connectivity index (χ0v) is 13.8. The second-order valence-electron chi connectivity index (χ2n) is 5.69. The Bertz CT molecular complexity index is 650. The molecule has 3 heteroatoms. The molecule has 0 radical (unpaired) electrons. The lowest BCUT2D eigenvalue weighted by Gasteiger charge is -2.15. The number of aryl methyl sites for hydroxylation is 2. The van der Waals surface area contributed by atoms with Crippen molar-refractivity contribution < 1.29 is 4.74 Å². The van der Waals surface area contributed by atoms with E-state index in [2.05, 4.69) is 26.0 Å². The third-order valence-electron chi connectivity index (χ3n) is 3.66. The standard InChI is InChI=1S/C18H22ClNO/c1-11-5-6-12(2)18(14(11)4)21-16-8-7-15(9-13(3)20)17(19)10-16/h5-8,10,13H,9,20H2,1-4H3. The van der Waals surface area contributed by atoms with Crippen LogP contribution in [0, 0.1) is 20.8 Å². The summed E-state index contributed by atoms with van der Waals surface area (Å²) in [6.07, 6.45) is 0.765. The average Bonchev–Trinajstić information content (AvgIpc) is 2.42. The highest BCUT2D eigenvalue weighted by atomic mass is 35.5. The van der Waals surface area contributed by atoms with Crippen LogP contribution in [0.3, 0.4) is 0 Å². The quantitative estimate of drug-likeness (QED) is 0.867. The maximum absolute atomic E-state index is 6.31. The van der Waals surface area contributed by atoms with E-state index in [-0.39, 0.29) is 6.04 Å². The van der Waals surface area contributed by atoms with Crippen LogP contribution < -0.4 is 10.5 Å². The second kappa shape index (κ2) is 6.50. The van der Waals surface area contributed by atoms with Crippen molar-refractivity contribution in [2.75, 3.05) is 0 Å². The molecule has 1 unspecified atom stereocenters. The normalized spacial score (nSPS) is 12.3. The summed E-state index contributed by atoms with van der Waals surface area (Å²) in [5.74, 6) is 1.66. The van der Waals surface area contributed by atoms with Gasteiger partial charge < -0.3 is 10.5 Å². The summed E-state index contributed by atoms with van der Waals surface area (Å²) in [5.41, 5.74) is 10.4. The zero-order valence-electron chi connectivity index (χ0n) is 13.0. The van der Waals surface area contributed by atoms with Gasteiger partial charge in [0.05, 0.1) is 0 Å². The first-order valence-corrected chi connectivity index (χ1v) is 7.55. The number of benzene rings is 2. The van der Waals surface area contributed by atoms with Gasteiger partial charge in [0.25, 0.3) is 0 Å². The van der Waals surface area contributed by atoms with Crippen LogP contribution in [0.25, 0.3) is 0 Å². The molecule has 0 aliphatic rings. The number of hydrogen-bond acceptors (Lipinski definition) is 2. The van der Waals surface area contributed by atoms with Crippen molar-refractivity contribution in [1.29, 1.82) is 0 Å². The maximum Gasteiger partial charge on any atom is 0.133 e. The van der Waals surface area contributed by atoms with Crippen LogP contribution in [0.15, 0.2) is 30.3 Å². The van der Waals surface area contributed by atoms with Crippen LogP contribution in [-0.2, 0) is 6.42 Å². The van der Waals surface area contributed by atoms with Gasteiger partial charge in [0, 0.05) is 11.1 Å². The highest BCUT2D eigenvalue weighted by Crippen LogP contribution is 2.32. The SMILES string of the molecule is Cc1ccc(C)c(Oc2ccc(CC(C)N)c(Cl)c2)c1C. The molecular weight excluding hydrogens is 282 g/mol. The summed E-state index contributed by atoms with van der Waals surface area (Å²) in [5, 5.41) is 0.702. The molecule has 0 aromatic heterocycles. The van der Waals surface area contributed by atoms with Gasteiger partial charge in [-0.05, 0) is 68.5 Å². The van der Waals surface area contributed by atoms with Gasteiger partial charge in [-0.25, -0.2) is 0 Å². The highest BCUT2D eigenvalue weighted by molar-refractivity contribution is 6.31. The minimum Gasteiger partial charge on any atom is -0.457 e. The van der Waals surface area contributed by atoms with Gasteiger partial charge in [-0.15, -0.1) is 0 Å². The van der Waals surface area contributed by atoms with Crippen LogP contribution >= 0.6 is 11.6 Å². The number of rotatable bonds is 4. The van der Waals surface area contributed by atoms with Crippen molar-refractivity contribution in [3.8, 4) is 11.5 Å². The fourth-order valence-electron chi connectivity index (χ4n) is 2.30. The fraction of sp³-hybridized carbons (Fsp3) is 0.333. The van der Waals surface area contributed by atoms with Crippen molar-refractivity contribution in [2.24, 2.45) is 5.73 Å². The number of halogens is 1. The van der Waals surface area contributed by atoms with Crippen LogP contribution in [0.1, 0.15) is 29.2 Å². The first kappa shape index (κ1) is 15.9. The lowest BCUT2D eigenvalue weighted by Crippen LogP contribution is -2.17. The predicted octanol–water partition coefficient (Wildman–Crippen LogP) is 4.95. The Morgan fingerprint density at radius 1 is 1.10 bits per heavy atom. The Morgan fingerprint density at radius 3 is 2.38 bits per heavy atom. The maximum atomic E-state index is 6.31. The van der Waals surface area contributed by atoms with Crippen LogP contribution in [0.5, 0.6) is 11.5 Å². The third kappa shape index (κ3) is 3.78. The smallest absolute Gasteiger partial charge is 0.133 e. The molecule has 2 nitrogen and oxygen atoms in total. The van der Waals surface area contributed by atoms with Crippen LogP contribution in [-0.4, -0.2) is 6.04 Å². The van der Waals surface area contributed by atoms with E-state index >= 15 is 0 Å². The van der Waals surface area contributed by atoms with Gasteiger partial charge in [-0.1, -0.05) is 29.8 Å². The van der Waals surface area contributed by atoms with E-state index in [9.17, 15) is 0 Å². The van der Waals surface area contributed by atoms with E-state index in [0.717, 1.165) is 34.6 Å². The van der Waals surface area contributed by atoms with E-state index < -0.39 is 0 Å². The van der Waals surface area contributed by atoms with Crippen molar-refractivity contribution in [3.05, 3.63) is 57.6 Å². The van der Waals surface area contributed by atoms with Gasteiger partial charge in [0.1, 0.15) is 11.5 Å². The van der Waals surface area contributed by atoms with Crippen LogP contribution in [0.4, 0.5) is 0 Å². The lowest BCUT2D eigenvalue weighted by atomic mass is 10.1. The molecule has 0 heterocycles. The first-order valence-electron chi connectivity index (χ1n) is 7.17. The van der Waals surface area contributed by atoms with Crippen molar-refractivity contribution in [2.45, 2.75) is 40.2 Å². The second-order valence-corrected chi connectivity index (χ2v) is 6.10. The Morgan fingerprint density at radius 2 is 1.76 bits per heavy atom. The monoisotopic (exact) mass is 303 g/mol. The zero-order chi connectivity index (χ0) is 15.6. The van der Waals surface area contributed by atoms with E-state index in [4.69, 9.17) is 22.1 Å². The Kier molecular flexibility index (Phi) is 4.92. The minimum atomic E-state index is 0.0931. The summed E-state index contributed by atoms with van der Waals surface area (Å²) < 4.78 is 6.05. The summed E-state index contributed by atoms with van der Waals surface area (Å²) >= 11 is 6.31. The Labute approximate surface area is 131 Å². The molecule has 0 amide bonds. The summed E-state index contributed by atoms with van der Waals surface area (Å²) in [6.45, 7) is 8.18. The topological polar surface area (TPSA) is 35.2 Å². The Hall–Kier alpha value is -1.51. The molecule has 0 fully saturated rings. The molecule has 21 heavy (non-hydrogen) atoms. The first-order chi connectivity index (χ1) is 9.88. The molecule has 0 aliphatic carbocycles. The molecule has 2 aromatic rings. The summed E-state index contributed by atoms with van der Waals surface area (Å²) in [6, 6.07) is 10.1. The summed E-state index contributed by atoms with van der Waals surface area (Å²) in [4.78, 5) is 0. The average molecular weight is 304 g/mol. The number of nitrogens with two attached hydrogens (primary N) is 1.